The summed E-state index contributed by atoms with van der Waals surface area (Å²) >= 11 is 0. The minimum atomic E-state index is -0.384. The zero-order valence-electron chi connectivity index (χ0n) is 12.1. The van der Waals surface area contributed by atoms with Crippen LogP contribution in [0.25, 0.3) is 0 Å². The highest BCUT2D eigenvalue weighted by atomic mass is 19.1. The van der Waals surface area contributed by atoms with E-state index < -0.39 is 0 Å². The first-order chi connectivity index (χ1) is 9.66. The molecular formula is C15H23FN2O2. The van der Waals surface area contributed by atoms with Crippen LogP contribution in [0.2, 0.25) is 0 Å². The Kier molecular flexibility index (Phi) is 4.96. The van der Waals surface area contributed by atoms with Gasteiger partial charge < -0.3 is 9.47 Å². The first kappa shape index (κ1) is 15.2. The van der Waals surface area contributed by atoms with E-state index in [1.807, 2.05) is 6.92 Å². The number of halogens is 1. The summed E-state index contributed by atoms with van der Waals surface area (Å²) < 4.78 is 25.0. The van der Waals surface area contributed by atoms with Gasteiger partial charge in [0.1, 0.15) is 11.6 Å². The molecule has 4 nitrogen and oxygen atoms in total. The van der Waals surface area contributed by atoms with Crippen LogP contribution >= 0.6 is 0 Å². The van der Waals surface area contributed by atoms with Crippen LogP contribution in [0.15, 0.2) is 18.2 Å². The zero-order chi connectivity index (χ0) is 14.6. The summed E-state index contributed by atoms with van der Waals surface area (Å²) in [7, 11) is 1.58. The molecule has 0 aliphatic heterocycles. The molecule has 1 unspecified atom stereocenters. The molecule has 0 heterocycles. The minimum absolute atomic E-state index is 0.282. The molecule has 1 aromatic carbocycles. The van der Waals surface area contributed by atoms with Crippen molar-refractivity contribution in [3.63, 3.8) is 0 Å². The zero-order valence-corrected chi connectivity index (χ0v) is 12.1. The molecule has 2 rings (SSSR count). The van der Waals surface area contributed by atoms with E-state index in [1.54, 1.807) is 13.2 Å². The van der Waals surface area contributed by atoms with Gasteiger partial charge in [0, 0.05) is 12.2 Å². The molecule has 0 radical (unpaired) electrons. The van der Waals surface area contributed by atoms with E-state index in [4.69, 9.17) is 15.3 Å². The standard InChI is InChI=1S/C15H23FN2O2/c1-3-20-15(8-4-5-9-15)14(18-17)12-10-11(16)6-7-13(12)19-2/h6-7,10,14,18H,3-5,8-9,17H2,1-2H3. The number of methoxy groups -OCH3 is 1. The predicted molar refractivity (Wildman–Crippen MR) is 75.8 cm³/mol. The molecule has 1 saturated carbocycles. The van der Waals surface area contributed by atoms with Crippen molar-refractivity contribution in [1.82, 2.24) is 5.43 Å². The highest BCUT2D eigenvalue weighted by Crippen LogP contribution is 2.44. The Morgan fingerprint density at radius 2 is 2.10 bits per heavy atom. The third-order valence-electron chi connectivity index (χ3n) is 4.08. The Morgan fingerprint density at radius 1 is 1.40 bits per heavy atom. The largest absolute Gasteiger partial charge is 0.496 e. The lowest BCUT2D eigenvalue weighted by Crippen LogP contribution is -2.47. The number of benzene rings is 1. The third kappa shape index (κ3) is 2.80. The van der Waals surface area contributed by atoms with Crippen molar-refractivity contribution in [2.45, 2.75) is 44.2 Å². The molecule has 1 fully saturated rings. The lowest BCUT2D eigenvalue weighted by Gasteiger charge is -2.37. The fourth-order valence-electron chi connectivity index (χ4n) is 3.23. The van der Waals surface area contributed by atoms with Gasteiger partial charge >= 0.3 is 0 Å². The van der Waals surface area contributed by atoms with Gasteiger partial charge in [0.2, 0.25) is 0 Å². The van der Waals surface area contributed by atoms with Crippen LogP contribution < -0.4 is 16.0 Å². The molecule has 1 aliphatic rings. The summed E-state index contributed by atoms with van der Waals surface area (Å²) in [5.41, 5.74) is 3.15. The van der Waals surface area contributed by atoms with Gasteiger partial charge in [0.05, 0.1) is 18.8 Å². The summed E-state index contributed by atoms with van der Waals surface area (Å²) in [6.07, 6.45) is 4.01. The van der Waals surface area contributed by atoms with E-state index in [1.165, 1.54) is 12.1 Å². The normalized spacial score (nSPS) is 19.0. The lowest BCUT2D eigenvalue weighted by atomic mass is 9.86. The quantitative estimate of drug-likeness (QED) is 0.622. The number of nitrogens with two attached hydrogens (primary N) is 1. The van der Waals surface area contributed by atoms with Gasteiger partial charge in [-0.05, 0) is 38.0 Å². The van der Waals surface area contributed by atoms with E-state index in [2.05, 4.69) is 5.43 Å². The summed E-state index contributed by atoms with van der Waals surface area (Å²) in [5, 5.41) is 0. The highest BCUT2D eigenvalue weighted by molar-refractivity contribution is 5.38. The van der Waals surface area contributed by atoms with Crippen molar-refractivity contribution in [2.24, 2.45) is 5.84 Å². The molecule has 5 heteroatoms. The number of hydrazine groups is 1. The van der Waals surface area contributed by atoms with Crippen LogP contribution in [0.5, 0.6) is 5.75 Å². The van der Waals surface area contributed by atoms with Crippen LogP contribution in [0.3, 0.4) is 0 Å². The Morgan fingerprint density at radius 3 is 2.65 bits per heavy atom. The van der Waals surface area contributed by atoms with Gasteiger partial charge in [-0.3, -0.25) is 5.84 Å². The SMILES string of the molecule is CCOC1(C(NN)c2cc(F)ccc2OC)CCCC1. The smallest absolute Gasteiger partial charge is 0.124 e. The molecule has 1 aliphatic carbocycles. The van der Waals surface area contributed by atoms with E-state index in [9.17, 15) is 4.39 Å². The Hall–Kier alpha value is -1.17. The predicted octanol–water partition coefficient (Wildman–Crippen LogP) is 2.69. The fourth-order valence-corrected chi connectivity index (χ4v) is 3.23. The lowest BCUT2D eigenvalue weighted by molar-refractivity contribution is -0.0631. The van der Waals surface area contributed by atoms with Crippen molar-refractivity contribution in [3.05, 3.63) is 29.6 Å². The molecule has 3 N–H and O–H groups in total. The number of ether oxygens (including phenoxy) is 2. The molecule has 112 valence electrons. The van der Waals surface area contributed by atoms with Crippen molar-refractivity contribution >= 4 is 0 Å². The fraction of sp³-hybridized carbons (Fsp3) is 0.600. The first-order valence-corrected chi connectivity index (χ1v) is 7.10. The average Bonchev–Trinajstić information content (AvgIpc) is 2.90. The van der Waals surface area contributed by atoms with Gasteiger partial charge in [0.15, 0.2) is 0 Å². The van der Waals surface area contributed by atoms with Crippen LogP contribution in [0, 0.1) is 5.82 Å². The van der Waals surface area contributed by atoms with Gasteiger partial charge in [-0.15, -0.1) is 0 Å². The molecule has 1 aromatic rings. The third-order valence-corrected chi connectivity index (χ3v) is 4.08. The van der Waals surface area contributed by atoms with Crippen LogP contribution in [-0.4, -0.2) is 19.3 Å². The maximum absolute atomic E-state index is 13.6. The van der Waals surface area contributed by atoms with Crippen molar-refractivity contribution in [2.75, 3.05) is 13.7 Å². The van der Waals surface area contributed by atoms with Crippen molar-refractivity contribution in [3.8, 4) is 5.75 Å². The summed E-state index contributed by atoms with van der Waals surface area (Å²) in [6, 6.07) is 4.21. The van der Waals surface area contributed by atoms with Crippen LogP contribution in [0.4, 0.5) is 4.39 Å². The molecule has 0 spiro atoms. The second-order valence-corrected chi connectivity index (χ2v) is 5.19. The van der Waals surface area contributed by atoms with E-state index >= 15 is 0 Å². The second-order valence-electron chi connectivity index (χ2n) is 5.19. The average molecular weight is 282 g/mol. The Balaban J connectivity index is 2.42. The summed E-state index contributed by atoms with van der Waals surface area (Å²) in [6.45, 7) is 2.58. The van der Waals surface area contributed by atoms with E-state index in [0.29, 0.717) is 17.9 Å². The van der Waals surface area contributed by atoms with Crippen LogP contribution in [0.1, 0.15) is 44.2 Å². The van der Waals surface area contributed by atoms with Gasteiger partial charge in [-0.25, -0.2) is 9.82 Å². The number of hydrogen-bond donors (Lipinski definition) is 2. The molecular weight excluding hydrogens is 259 g/mol. The topological polar surface area (TPSA) is 56.5 Å². The Bertz CT molecular complexity index is 447. The Labute approximate surface area is 119 Å². The summed E-state index contributed by atoms with van der Waals surface area (Å²) in [4.78, 5) is 0. The first-order valence-electron chi connectivity index (χ1n) is 7.10. The maximum atomic E-state index is 13.6. The van der Waals surface area contributed by atoms with E-state index in [0.717, 1.165) is 25.7 Å². The molecule has 0 bridgehead atoms. The maximum Gasteiger partial charge on any atom is 0.124 e. The van der Waals surface area contributed by atoms with Crippen LogP contribution in [-0.2, 0) is 4.74 Å². The van der Waals surface area contributed by atoms with Gasteiger partial charge in [-0.2, -0.15) is 0 Å². The second kappa shape index (κ2) is 6.52. The number of hydrogen-bond acceptors (Lipinski definition) is 4. The molecule has 0 amide bonds. The van der Waals surface area contributed by atoms with Crippen molar-refractivity contribution in [1.29, 1.82) is 0 Å². The molecule has 1 atom stereocenters. The summed E-state index contributed by atoms with van der Waals surface area (Å²) in [5.74, 6) is 6.09. The van der Waals surface area contributed by atoms with E-state index in [-0.39, 0.29) is 17.5 Å². The molecule has 0 aromatic heterocycles. The van der Waals surface area contributed by atoms with Crippen molar-refractivity contribution < 1.29 is 13.9 Å². The van der Waals surface area contributed by atoms with Gasteiger partial charge in [-0.1, -0.05) is 12.8 Å². The number of rotatable bonds is 6. The molecule has 0 saturated heterocycles. The number of nitrogens with one attached hydrogen (secondary N) is 1. The monoisotopic (exact) mass is 282 g/mol. The molecule has 20 heavy (non-hydrogen) atoms. The van der Waals surface area contributed by atoms with Gasteiger partial charge in [0.25, 0.3) is 0 Å². The highest BCUT2D eigenvalue weighted by Gasteiger charge is 2.43. The minimum Gasteiger partial charge on any atom is -0.496 e.